The van der Waals surface area contributed by atoms with Gasteiger partial charge in [0, 0.05) is 5.69 Å². The van der Waals surface area contributed by atoms with Crippen LogP contribution in [0.3, 0.4) is 0 Å². The van der Waals surface area contributed by atoms with E-state index in [1.54, 1.807) is 6.07 Å². The Morgan fingerprint density at radius 3 is 2.63 bits per heavy atom. The van der Waals surface area contributed by atoms with Crippen molar-refractivity contribution < 1.29 is 19.8 Å². The molecule has 0 bridgehead atoms. The second-order valence-electron chi connectivity index (χ2n) is 4.39. The summed E-state index contributed by atoms with van der Waals surface area (Å²) in [6.07, 6.45) is 0. The van der Waals surface area contributed by atoms with Gasteiger partial charge in [0.2, 0.25) is 0 Å². The highest BCUT2D eigenvalue weighted by Crippen LogP contribution is 2.01. The zero-order valence-electron chi connectivity index (χ0n) is 10.8. The third-order valence-corrected chi connectivity index (χ3v) is 2.43. The van der Waals surface area contributed by atoms with Crippen molar-refractivity contribution in [3.8, 4) is 0 Å². The average Bonchev–Trinajstić information content (AvgIpc) is 2.34. The Morgan fingerprint density at radius 2 is 2.05 bits per heavy atom. The van der Waals surface area contributed by atoms with E-state index in [0.29, 0.717) is 5.69 Å². The molecule has 0 radical (unpaired) electrons. The number of carbonyl (C=O) groups is 2. The van der Waals surface area contributed by atoms with Crippen LogP contribution in [0, 0.1) is 6.92 Å². The second kappa shape index (κ2) is 6.14. The van der Waals surface area contributed by atoms with Gasteiger partial charge in [-0.15, -0.1) is 0 Å². The third kappa shape index (κ3) is 4.92. The number of carboxylic acids is 1. The summed E-state index contributed by atoms with van der Waals surface area (Å²) in [4.78, 5) is 26.2. The van der Waals surface area contributed by atoms with Crippen molar-refractivity contribution in [2.45, 2.75) is 26.0 Å². The summed E-state index contributed by atoms with van der Waals surface area (Å²) >= 11 is 0. The van der Waals surface area contributed by atoms with Gasteiger partial charge in [0.1, 0.15) is 0 Å². The molecule has 0 fully saturated rings. The minimum atomic E-state index is -1.99. The zero-order valence-corrected chi connectivity index (χ0v) is 10.8. The minimum absolute atomic E-state index is 0.225. The summed E-state index contributed by atoms with van der Waals surface area (Å²) < 4.78 is 0. The van der Waals surface area contributed by atoms with E-state index >= 15 is 0 Å². The van der Waals surface area contributed by atoms with Crippen LogP contribution in [0.5, 0.6) is 0 Å². The molecule has 1 rings (SSSR count). The molecule has 2 amide bonds. The molecule has 0 aliphatic heterocycles. The zero-order chi connectivity index (χ0) is 14.5. The van der Waals surface area contributed by atoms with Crippen LogP contribution in [0.2, 0.25) is 0 Å². The number of aromatic nitrogens is 1. The Kier molecular flexibility index (Phi) is 4.82. The summed E-state index contributed by atoms with van der Waals surface area (Å²) in [7, 11) is 0. The smallest absolute Gasteiger partial charge is 0.337 e. The average molecular weight is 267 g/mol. The van der Waals surface area contributed by atoms with E-state index in [-0.39, 0.29) is 13.1 Å². The van der Waals surface area contributed by atoms with Crippen LogP contribution in [-0.4, -0.2) is 39.3 Å². The lowest BCUT2D eigenvalue weighted by Crippen LogP contribution is -2.49. The SMILES string of the molecule is Cc1cccc(CNC(=O)NCC(C)(O)C(=O)O)n1. The first-order chi connectivity index (χ1) is 8.81. The molecular formula is C12H17N3O4. The maximum atomic E-state index is 11.4. The third-order valence-electron chi connectivity index (χ3n) is 2.43. The topological polar surface area (TPSA) is 112 Å². The molecule has 4 N–H and O–H groups in total. The standard InChI is InChI=1S/C12H17N3O4/c1-8-4-3-5-9(15-8)6-13-11(18)14-7-12(2,19)10(16)17/h3-5,19H,6-7H2,1-2H3,(H,16,17)(H2,13,14,18). The number of aliphatic carboxylic acids is 1. The van der Waals surface area contributed by atoms with Gasteiger partial charge in [-0.25, -0.2) is 9.59 Å². The number of nitrogens with zero attached hydrogens (tertiary/aromatic N) is 1. The van der Waals surface area contributed by atoms with Gasteiger partial charge < -0.3 is 20.8 Å². The fourth-order valence-corrected chi connectivity index (χ4v) is 1.26. The number of aryl methyl sites for hydroxylation is 1. The number of hydrogen-bond donors (Lipinski definition) is 4. The van der Waals surface area contributed by atoms with Crippen molar-refractivity contribution in [1.82, 2.24) is 15.6 Å². The summed E-state index contributed by atoms with van der Waals surface area (Å²) in [5, 5.41) is 22.9. The van der Waals surface area contributed by atoms with Crippen molar-refractivity contribution in [1.29, 1.82) is 0 Å². The first-order valence-corrected chi connectivity index (χ1v) is 5.71. The number of nitrogens with one attached hydrogen (secondary N) is 2. The molecule has 1 aromatic rings. The first-order valence-electron chi connectivity index (χ1n) is 5.71. The molecule has 0 saturated heterocycles. The number of carbonyl (C=O) groups excluding carboxylic acids is 1. The quantitative estimate of drug-likeness (QED) is 0.601. The van der Waals surface area contributed by atoms with Crippen LogP contribution in [0.4, 0.5) is 4.79 Å². The predicted molar refractivity (Wildman–Crippen MR) is 67.5 cm³/mol. The Morgan fingerprint density at radius 1 is 1.37 bits per heavy atom. The van der Waals surface area contributed by atoms with Crippen molar-refractivity contribution in [3.63, 3.8) is 0 Å². The normalized spacial score (nSPS) is 13.4. The van der Waals surface area contributed by atoms with E-state index in [9.17, 15) is 14.7 Å². The van der Waals surface area contributed by atoms with Gasteiger partial charge in [0.05, 0.1) is 18.8 Å². The van der Waals surface area contributed by atoms with E-state index in [4.69, 9.17) is 5.11 Å². The highest BCUT2D eigenvalue weighted by Gasteiger charge is 2.30. The fraction of sp³-hybridized carbons (Fsp3) is 0.417. The molecule has 0 saturated carbocycles. The maximum Gasteiger partial charge on any atom is 0.337 e. The number of pyridine rings is 1. The summed E-state index contributed by atoms with van der Waals surface area (Å²) in [5.74, 6) is -1.40. The molecular weight excluding hydrogens is 250 g/mol. The van der Waals surface area contributed by atoms with Crippen LogP contribution in [0.15, 0.2) is 18.2 Å². The summed E-state index contributed by atoms with van der Waals surface area (Å²) in [5.41, 5.74) is -0.451. The fourth-order valence-electron chi connectivity index (χ4n) is 1.26. The molecule has 0 spiro atoms. The lowest BCUT2D eigenvalue weighted by Gasteiger charge is -2.18. The Hall–Kier alpha value is -2.15. The molecule has 7 nitrogen and oxygen atoms in total. The van der Waals surface area contributed by atoms with E-state index < -0.39 is 17.6 Å². The van der Waals surface area contributed by atoms with Crippen LogP contribution in [0.1, 0.15) is 18.3 Å². The van der Waals surface area contributed by atoms with Gasteiger partial charge in [-0.2, -0.15) is 0 Å². The van der Waals surface area contributed by atoms with Crippen molar-refractivity contribution in [2.75, 3.05) is 6.54 Å². The lowest BCUT2D eigenvalue weighted by molar-refractivity contribution is -0.155. The predicted octanol–water partition coefficient (Wildman–Crippen LogP) is 0.0248. The molecule has 0 aromatic carbocycles. The van der Waals surface area contributed by atoms with E-state index in [1.165, 1.54) is 0 Å². The first kappa shape index (κ1) is 14.9. The van der Waals surface area contributed by atoms with E-state index in [2.05, 4.69) is 15.6 Å². The number of carboxylic acid groups (broad SMARTS) is 1. The number of urea groups is 1. The number of rotatable bonds is 5. The Bertz CT molecular complexity index is 474. The van der Waals surface area contributed by atoms with Gasteiger partial charge >= 0.3 is 12.0 Å². The second-order valence-corrected chi connectivity index (χ2v) is 4.39. The molecule has 1 unspecified atom stereocenters. The van der Waals surface area contributed by atoms with Crippen LogP contribution >= 0.6 is 0 Å². The molecule has 7 heteroatoms. The van der Waals surface area contributed by atoms with Crippen LogP contribution in [0.25, 0.3) is 0 Å². The van der Waals surface area contributed by atoms with E-state index in [1.807, 2.05) is 19.1 Å². The van der Waals surface area contributed by atoms with Crippen molar-refractivity contribution in [2.24, 2.45) is 0 Å². The molecule has 1 heterocycles. The number of hydrogen-bond acceptors (Lipinski definition) is 4. The molecule has 0 aliphatic rings. The Labute approximate surface area is 110 Å². The molecule has 0 aliphatic carbocycles. The van der Waals surface area contributed by atoms with Gasteiger partial charge in [-0.1, -0.05) is 6.07 Å². The monoisotopic (exact) mass is 267 g/mol. The van der Waals surface area contributed by atoms with Crippen LogP contribution < -0.4 is 10.6 Å². The Balaban J connectivity index is 2.39. The molecule has 104 valence electrons. The largest absolute Gasteiger partial charge is 0.479 e. The maximum absolute atomic E-state index is 11.4. The number of amides is 2. The van der Waals surface area contributed by atoms with Crippen LogP contribution in [-0.2, 0) is 11.3 Å². The number of aliphatic hydroxyl groups is 1. The van der Waals surface area contributed by atoms with Gasteiger partial charge in [-0.05, 0) is 26.0 Å². The molecule has 1 atom stereocenters. The van der Waals surface area contributed by atoms with Gasteiger partial charge in [0.25, 0.3) is 0 Å². The minimum Gasteiger partial charge on any atom is -0.479 e. The summed E-state index contributed by atoms with van der Waals surface area (Å²) in [6, 6.07) is 4.87. The van der Waals surface area contributed by atoms with Gasteiger partial charge in [0.15, 0.2) is 5.60 Å². The molecule has 1 aromatic heterocycles. The lowest BCUT2D eigenvalue weighted by atomic mass is 10.1. The van der Waals surface area contributed by atoms with Crippen molar-refractivity contribution in [3.05, 3.63) is 29.6 Å². The van der Waals surface area contributed by atoms with E-state index in [0.717, 1.165) is 12.6 Å². The highest BCUT2D eigenvalue weighted by molar-refractivity contribution is 5.79. The van der Waals surface area contributed by atoms with Gasteiger partial charge in [-0.3, -0.25) is 4.98 Å². The molecule has 19 heavy (non-hydrogen) atoms. The summed E-state index contributed by atoms with van der Waals surface area (Å²) in [6.45, 7) is 2.80. The van der Waals surface area contributed by atoms with Crippen molar-refractivity contribution >= 4 is 12.0 Å². The highest BCUT2D eigenvalue weighted by atomic mass is 16.4.